The molecular formula is C10H14N2O. The van der Waals surface area contributed by atoms with Crippen LogP contribution in [0.15, 0.2) is 24.4 Å². The largest absolute Gasteiger partial charge is 0.379 e. The second-order valence-corrected chi connectivity index (χ2v) is 3.27. The maximum atomic E-state index is 5.36. The summed E-state index contributed by atoms with van der Waals surface area (Å²) in [6, 6.07) is 6.32. The van der Waals surface area contributed by atoms with E-state index in [4.69, 9.17) is 4.74 Å². The van der Waals surface area contributed by atoms with Crippen LogP contribution in [0.25, 0.3) is 0 Å². The number of pyridine rings is 1. The van der Waals surface area contributed by atoms with Gasteiger partial charge in [-0.15, -0.1) is 0 Å². The summed E-state index contributed by atoms with van der Waals surface area (Å²) in [6.07, 6.45) is 4.12. The van der Waals surface area contributed by atoms with Crippen LogP contribution in [0.1, 0.15) is 12.8 Å². The van der Waals surface area contributed by atoms with E-state index >= 15 is 0 Å². The zero-order valence-corrected chi connectivity index (χ0v) is 7.57. The molecule has 3 heteroatoms. The van der Waals surface area contributed by atoms with Gasteiger partial charge < -0.3 is 10.1 Å². The summed E-state index contributed by atoms with van der Waals surface area (Å²) < 4.78 is 5.36. The highest BCUT2D eigenvalue weighted by Gasteiger charge is 2.13. The Labute approximate surface area is 78.1 Å². The van der Waals surface area contributed by atoms with Crippen molar-refractivity contribution in [1.82, 2.24) is 4.98 Å². The van der Waals surface area contributed by atoms with Gasteiger partial charge in [-0.05, 0) is 25.0 Å². The first-order valence-corrected chi connectivity index (χ1v) is 4.70. The number of nitrogens with zero attached hydrogens (tertiary/aromatic N) is 1. The van der Waals surface area contributed by atoms with Crippen molar-refractivity contribution in [2.24, 2.45) is 0 Å². The molecule has 0 amide bonds. The van der Waals surface area contributed by atoms with Gasteiger partial charge in [-0.25, -0.2) is 4.98 Å². The van der Waals surface area contributed by atoms with Crippen molar-refractivity contribution < 1.29 is 4.74 Å². The second-order valence-electron chi connectivity index (χ2n) is 3.27. The van der Waals surface area contributed by atoms with Crippen molar-refractivity contribution in [3.63, 3.8) is 0 Å². The topological polar surface area (TPSA) is 34.1 Å². The fourth-order valence-corrected chi connectivity index (χ4v) is 1.51. The van der Waals surface area contributed by atoms with Crippen LogP contribution in [0.3, 0.4) is 0 Å². The molecule has 1 aliphatic rings. The maximum Gasteiger partial charge on any atom is 0.126 e. The van der Waals surface area contributed by atoms with Crippen molar-refractivity contribution in [3.8, 4) is 0 Å². The Morgan fingerprint density at radius 1 is 1.46 bits per heavy atom. The van der Waals surface area contributed by atoms with Crippen molar-refractivity contribution in [1.29, 1.82) is 0 Å². The van der Waals surface area contributed by atoms with Crippen LogP contribution in [0.2, 0.25) is 0 Å². The molecule has 1 aromatic heterocycles. The molecule has 1 aliphatic heterocycles. The van der Waals surface area contributed by atoms with Gasteiger partial charge in [0.25, 0.3) is 0 Å². The van der Waals surface area contributed by atoms with Gasteiger partial charge in [0.15, 0.2) is 0 Å². The van der Waals surface area contributed by atoms with Gasteiger partial charge >= 0.3 is 0 Å². The molecule has 0 aliphatic carbocycles. The summed E-state index contributed by atoms with van der Waals surface area (Å²) in [5.41, 5.74) is 0. The normalized spacial score (nSPS) is 22.6. The van der Waals surface area contributed by atoms with Gasteiger partial charge in [-0.3, -0.25) is 0 Å². The minimum Gasteiger partial charge on any atom is -0.379 e. The molecule has 2 rings (SSSR count). The molecule has 1 saturated heterocycles. The fourth-order valence-electron chi connectivity index (χ4n) is 1.51. The monoisotopic (exact) mass is 178 g/mol. The molecule has 1 N–H and O–H groups in total. The minimum atomic E-state index is 0.434. The van der Waals surface area contributed by atoms with Gasteiger partial charge in [0.05, 0.1) is 12.6 Å². The maximum absolute atomic E-state index is 5.36. The third-order valence-electron chi connectivity index (χ3n) is 2.18. The van der Waals surface area contributed by atoms with Gasteiger partial charge in [0, 0.05) is 12.8 Å². The lowest BCUT2D eigenvalue weighted by molar-refractivity contribution is 0.0875. The van der Waals surface area contributed by atoms with Gasteiger partial charge in [-0.1, -0.05) is 6.07 Å². The number of aromatic nitrogens is 1. The molecular weight excluding hydrogens is 164 g/mol. The number of anilines is 1. The van der Waals surface area contributed by atoms with E-state index in [1.165, 1.54) is 6.42 Å². The minimum absolute atomic E-state index is 0.434. The van der Waals surface area contributed by atoms with Crippen molar-refractivity contribution in [2.75, 3.05) is 18.5 Å². The summed E-state index contributed by atoms with van der Waals surface area (Å²) in [5, 5.41) is 3.34. The smallest absolute Gasteiger partial charge is 0.126 e. The summed E-state index contributed by atoms with van der Waals surface area (Å²) in [5.74, 6) is 0.943. The molecule has 2 heterocycles. The number of hydrogen-bond acceptors (Lipinski definition) is 3. The molecule has 0 aromatic carbocycles. The number of ether oxygens (including phenoxy) is 1. The molecule has 1 fully saturated rings. The predicted molar refractivity (Wildman–Crippen MR) is 51.7 cm³/mol. The molecule has 1 atom stereocenters. The lowest BCUT2D eigenvalue weighted by atomic mass is 10.1. The van der Waals surface area contributed by atoms with Crippen LogP contribution in [0.4, 0.5) is 5.82 Å². The van der Waals surface area contributed by atoms with E-state index in [9.17, 15) is 0 Å². The van der Waals surface area contributed by atoms with Crippen molar-refractivity contribution in [3.05, 3.63) is 24.4 Å². The predicted octanol–water partition coefficient (Wildman–Crippen LogP) is 1.67. The average molecular weight is 178 g/mol. The van der Waals surface area contributed by atoms with Crippen LogP contribution in [-0.2, 0) is 4.74 Å². The second kappa shape index (κ2) is 4.23. The molecule has 0 bridgehead atoms. The Bertz CT molecular complexity index is 244. The highest BCUT2D eigenvalue weighted by Crippen LogP contribution is 2.11. The lowest BCUT2D eigenvalue weighted by Gasteiger charge is -2.23. The molecule has 1 aromatic rings. The first-order chi connectivity index (χ1) is 6.45. The first kappa shape index (κ1) is 8.51. The zero-order chi connectivity index (χ0) is 8.93. The Morgan fingerprint density at radius 2 is 2.46 bits per heavy atom. The number of rotatable bonds is 2. The zero-order valence-electron chi connectivity index (χ0n) is 7.57. The van der Waals surface area contributed by atoms with Gasteiger partial charge in [-0.2, -0.15) is 0 Å². The molecule has 0 radical (unpaired) electrons. The van der Waals surface area contributed by atoms with E-state index in [1.54, 1.807) is 6.20 Å². The van der Waals surface area contributed by atoms with E-state index in [0.29, 0.717) is 6.04 Å². The average Bonchev–Trinajstić information content (AvgIpc) is 2.21. The van der Waals surface area contributed by atoms with Crippen LogP contribution >= 0.6 is 0 Å². The quantitative estimate of drug-likeness (QED) is 0.748. The summed E-state index contributed by atoms with van der Waals surface area (Å²) in [4.78, 5) is 4.21. The van der Waals surface area contributed by atoms with E-state index < -0.39 is 0 Å². The van der Waals surface area contributed by atoms with E-state index in [2.05, 4.69) is 10.3 Å². The van der Waals surface area contributed by atoms with Crippen LogP contribution in [-0.4, -0.2) is 24.2 Å². The molecule has 0 unspecified atom stereocenters. The highest BCUT2D eigenvalue weighted by molar-refractivity contribution is 5.34. The number of hydrogen-bond donors (Lipinski definition) is 1. The summed E-state index contributed by atoms with van der Waals surface area (Å²) in [7, 11) is 0. The Balaban J connectivity index is 1.90. The van der Waals surface area contributed by atoms with Crippen LogP contribution in [0, 0.1) is 0 Å². The highest BCUT2D eigenvalue weighted by atomic mass is 16.5. The Kier molecular flexibility index (Phi) is 2.77. The summed E-state index contributed by atoms with van der Waals surface area (Å²) >= 11 is 0. The fraction of sp³-hybridized carbons (Fsp3) is 0.500. The molecule has 70 valence electrons. The van der Waals surface area contributed by atoms with Crippen molar-refractivity contribution in [2.45, 2.75) is 18.9 Å². The van der Waals surface area contributed by atoms with Crippen molar-refractivity contribution >= 4 is 5.82 Å². The van der Waals surface area contributed by atoms with E-state index in [1.807, 2.05) is 18.2 Å². The lowest BCUT2D eigenvalue weighted by Crippen LogP contribution is -2.30. The molecule has 0 spiro atoms. The summed E-state index contributed by atoms with van der Waals surface area (Å²) in [6.45, 7) is 1.71. The van der Waals surface area contributed by atoms with E-state index in [0.717, 1.165) is 25.5 Å². The van der Waals surface area contributed by atoms with E-state index in [-0.39, 0.29) is 0 Å². The molecule has 0 saturated carbocycles. The molecule has 3 nitrogen and oxygen atoms in total. The van der Waals surface area contributed by atoms with Crippen LogP contribution < -0.4 is 5.32 Å². The first-order valence-electron chi connectivity index (χ1n) is 4.70. The molecule has 13 heavy (non-hydrogen) atoms. The number of nitrogens with one attached hydrogen (secondary N) is 1. The Hall–Kier alpha value is -1.09. The standard InChI is InChI=1S/C10H14N2O/c1-2-6-11-10(5-1)12-9-4-3-7-13-8-9/h1-2,5-6,9H,3-4,7-8H2,(H,11,12)/t9-/m0/s1. The van der Waals surface area contributed by atoms with Gasteiger partial charge in [0.2, 0.25) is 0 Å². The van der Waals surface area contributed by atoms with Crippen LogP contribution in [0.5, 0.6) is 0 Å². The third-order valence-corrected chi connectivity index (χ3v) is 2.18. The third kappa shape index (κ3) is 2.42. The van der Waals surface area contributed by atoms with Gasteiger partial charge in [0.1, 0.15) is 5.82 Å². The SMILES string of the molecule is c1ccc(N[C@H]2CCCOC2)nc1. The Morgan fingerprint density at radius 3 is 3.15 bits per heavy atom.